The summed E-state index contributed by atoms with van der Waals surface area (Å²) in [5, 5.41) is 3.29. The van der Waals surface area contributed by atoms with Crippen LogP contribution in [0.15, 0.2) is 66.7 Å². The van der Waals surface area contributed by atoms with Gasteiger partial charge in [-0.25, -0.2) is 0 Å². The van der Waals surface area contributed by atoms with Crippen LogP contribution in [0.2, 0.25) is 0 Å². The van der Waals surface area contributed by atoms with Crippen molar-refractivity contribution in [2.24, 2.45) is 0 Å². The van der Waals surface area contributed by atoms with Crippen LogP contribution >= 0.6 is 0 Å². The molecule has 0 unspecified atom stereocenters. The molecule has 0 aromatic heterocycles. The molecular formula is C26H35N3O. The first kappa shape index (κ1) is 22.3. The van der Waals surface area contributed by atoms with Crippen LogP contribution in [0.4, 0.5) is 0 Å². The third-order valence-electron chi connectivity index (χ3n) is 5.90. The topological polar surface area (TPSA) is 35.6 Å². The molecule has 2 atom stereocenters. The molecule has 2 aromatic carbocycles. The van der Waals surface area contributed by atoms with Gasteiger partial charge in [0.25, 0.3) is 0 Å². The van der Waals surface area contributed by atoms with E-state index in [2.05, 4.69) is 70.6 Å². The second-order valence-electron chi connectivity index (χ2n) is 8.09. The largest absolute Gasteiger partial charge is 0.348 e. The maximum Gasteiger partial charge on any atom is 0.237 e. The van der Waals surface area contributed by atoms with Crippen LogP contribution in [-0.4, -0.2) is 54.5 Å². The quantitative estimate of drug-likeness (QED) is 0.673. The fourth-order valence-corrected chi connectivity index (χ4v) is 3.99. The lowest BCUT2D eigenvalue weighted by atomic mass is 10.0. The number of hydrogen-bond acceptors (Lipinski definition) is 3. The Bertz CT molecular complexity index is 782. The minimum absolute atomic E-state index is 0.0931. The molecule has 2 aromatic rings. The Morgan fingerprint density at radius 2 is 1.63 bits per heavy atom. The first-order chi connectivity index (χ1) is 14.7. The SMILES string of the molecule is CCC[C@H](NC(=O)[C@@H](C)N1CCN(C/C=C/c2ccccc2)CC1)c1ccccc1. The Kier molecular flexibility index (Phi) is 8.66. The predicted molar refractivity (Wildman–Crippen MR) is 125 cm³/mol. The monoisotopic (exact) mass is 405 g/mol. The molecule has 1 amide bonds. The second-order valence-corrected chi connectivity index (χ2v) is 8.09. The molecule has 0 spiro atoms. The van der Waals surface area contributed by atoms with Crippen molar-refractivity contribution < 1.29 is 4.79 Å². The number of nitrogens with one attached hydrogen (secondary N) is 1. The van der Waals surface area contributed by atoms with Gasteiger partial charge in [0.2, 0.25) is 5.91 Å². The van der Waals surface area contributed by atoms with Crippen molar-refractivity contribution in [1.29, 1.82) is 0 Å². The highest BCUT2D eigenvalue weighted by atomic mass is 16.2. The van der Waals surface area contributed by atoms with Crippen LogP contribution in [0.5, 0.6) is 0 Å². The maximum atomic E-state index is 12.9. The van der Waals surface area contributed by atoms with E-state index >= 15 is 0 Å². The zero-order valence-corrected chi connectivity index (χ0v) is 18.3. The minimum atomic E-state index is -0.102. The first-order valence-electron chi connectivity index (χ1n) is 11.2. The fraction of sp³-hybridized carbons (Fsp3) is 0.423. The zero-order valence-electron chi connectivity index (χ0n) is 18.3. The van der Waals surface area contributed by atoms with Crippen molar-refractivity contribution in [3.8, 4) is 0 Å². The van der Waals surface area contributed by atoms with Gasteiger partial charge >= 0.3 is 0 Å². The summed E-state index contributed by atoms with van der Waals surface area (Å²) in [5.74, 6) is 0.134. The summed E-state index contributed by atoms with van der Waals surface area (Å²) in [6.45, 7) is 9.00. The lowest BCUT2D eigenvalue weighted by Crippen LogP contribution is -2.54. The molecule has 160 valence electrons. The molecule has 1 heterocycles. The van der Waals surface area contributed by atoms with Gasteiger partial charge in [-0.3, -0.25) is 14.6 Å². The normalized spacial score (nSPS) is 17.7. The first-order valence-corrected chi connectivity index (χ1v) is 11.2. The number of rotatable bonds is 9. The molecule has 4 heteroatoms. The molecular weight excluding hydrogens is 370 g/mol. The smallest absolute Gasteiger partial charge is 0.237 e. The number of carbonyl (C=O) groups excluding carboxylic acids is 1. The van der Waals surface area contributed by atoms with Gasteiger partial charge in [-0.2, -0.15) is 0 Å². The van der Waals surface area contributed by atoms with E-state index in [0.717, 1.165) is 45.6 Å². The lowest BCUT2D eigenvalue weighted by molar-refractivity contribution is -0.127. The Balaban J connectivity index is 1.46. The summed E-state index contributed by atoms with van der Waals surface area (Å²) in [4.78, 5) is 17.7. The third kappa shape index (κ3) is 6.54. The molecule has 1 saturated heterocycles. The molecule has 3 rings (SSSR count). The van der Waals surface area contributed by atoms with E-state index in [4.69, 9.17) is 0 Å². The Morgan fingerprint density at radius 3 is 2.27 bits per heavy atom. The molecule has 30 heavy (non-hydrogen) atoms. The van der Waals surface area contributed by atoms with Crippen LogP contribution < -0.4 is 5.32 Å². The van der Waals surface area contributed by atoms with Crippen molar-refractivity contribution in [2.45, 2.75) is 38.8 Å². The van der Waals surface area contributed by atoms with Crippen LogP contribution in [0.3, 0.4) is 0 Å². The van der Waals surface area contributed by atoms with E-state index in [1.807, 2.05) is 31.2 Å². The number of nitrogens with zero attached hydrogens (tertiary/aromatic N) is 2. The van der Waals surface area contributed by atoms with Gasteiger partial charge in [0, 0.05) is 32.7 Å². The van der Waals surface area contributed by atoms with E-state index in [1.165, 1.54) is 11.1 Å². The molecule has 0 aliphatic carbocycles. The minimum Gasteiger partial charge on any atom is -0.348 e. The number of carbonyl (C=O) groups is 1. The van der Waals surface area contributed by atoms with Crippen LogP contribution in [0, 0.1) is 0 Å². The van der Waals surface area contributed by atoms with Crippen molar-refractivity contribution in [2.75, 3.05) is 32.7 Å². The molecule has 1 aliphatic rings. The highest BCUT2D eigenvalue weighted by Gasteiger charge is 2.26. The lowest BCUT2D eigenvalue weighted by Gasteiger charge is -2.37. The Hall–Kier alpha value is -2.43. The summed E-state index contributed by atoms with van der Waals surface area (Å²) in [7, 11) is 0. The number of benzene rings is 2. The van der Waals surface area contributed by atoms with E-state index in [9.17, 15) is 4.79 Å². The van der Waals surface area contributed by atoms with Crippen molar-refractivity contribution in [3.63, 3.8) is 0 Å². The molecule has 1 fully saturated rings. The summed E-state index contributed by atoms with van der Waals surface area (Å²) < 4.78 is 0. The van der Waals surface area contributed by atoms with Gasteiger partial charge in [-0.15, -0.1) is 0 Å². The average molecular weight is 406 g/mol. The van der Waals surface area contributed by atoms with Gasteiger partial charge in [0.1, 0.15) is 0 Å². The number of piperazine rings is 1. The van der Waals surface area contributed by atoms with Crippen LogP contribution in [0.25, 0.3) is 6.08 Å². The summed E-state index contributed by atoms with van der Waals surface area (Å²) in [6, 6.07) is 20.7. The molecule has 1 aliphatic heterocycles. The standard InChI is InChI=1S/C26H35N3O/c1-3-11-25(24-15-8-5-9-16-24)27-26(30)22(2)29-20-18-28(19-21-29)17-10-14-23-12-6-4-7-13-23/h4-10,12-16,22,25H,3,11,17-21H2,1-2H3,(H,27,30)/b14-10+/t22-,25+/m1/s1. The molecule has 1 N–H and O–H groups in total. The van der Waals surface area contributed by atoms with Crippen LogP contribution in [-0.2, 0) is 4.79 Å². The van der Waals surface area contributed by atoms with Gasteiger partial charge in [0.15, 0.2) is 0 Å². The second kappa shape index (κ2) is 11.7. The number of amides is 1. The Labute approximate surface area is 181 Å². The van der Waals surface area contributed by atoms with E-state index in [-0.39, 0.29) is 18.0 Å². The van der Waals surface area contributed by atoms with Crippen molar-refractivity contribution in [1.82, 2.24) is 15.1 Å². The van der Waals surface area contributed by atoms with Crippen LogP contribution in [0.1, 0.15) is 43.9 Å². The molecule has 0 saturated carbocycles. The van der Waals surface area contributed by atoms with Gasteiger partial charge in [0.05, 0.1) is 12.1 Å². The number of hydrogen-bond donors (Lipinski definition) is 1. The molecule has 0 radical (unpaired) electrons. The predicted octanol–water partition coefficient (Wildman–Crippen LogP) is 4.36. The third-order valence-corrected chi connectivity index (χ3v) is 5.90. The summed E-state index contributed by atoms with van der Waals surface area (Å²) in [5.41, 5.74) is 2.43. The van der Waals surface area contributed by atoms with E-state index < -0.39 is 0 Å². The zero-order chi connectivity index (χ0) is 21.2. The van der Waals surface area contributed by atoms with E-state index in [0.29, 0.717) is 0 Å². The molecule has 4 nitrogen and oxygen atoms in total. The highest BCUT2D eigenvalue weighted by Crippen LogP contribution is 2.19. The van der Waals surface area contributed by atoms with Gasteiger partial charge in [-0.1, -0.05) is 86.2 Å². The summed E-state index contributed by atoms with van der Waals surface area (Å²) in [6.07, 6.45) is 6.42. The maximum absolute atomic E-state index is 12.9. The fourth-order valence-electron chi connectivity index (χ4n) is 3.99. The van der Waals surface area contributed by atoms with Crippen molar-refractivity contribution >= 4 is 12.0 Å². The van der Waals surface area contributed by atoms with Gasteiger partial charge in [-0.05, 0) is 24.5 Å². The van der Waals surface area contributed by atoms with Gasteiger partial charge < -0.3 is 5.32 Å². The highest BCUT2D eigenvalue weighted by molar-refractivity contribution is 5.81. The molecule has 0 bridgehead atoms. The summed E-state index contributed by atoms with van der Waals surface area (Å²) >= 11 is 0. The van der Waals surface area contributed by atoms with E-state index in [1.54, 1.807) is 0 Å². The average Bonchev–Trinajstić information content (AvgIpc) is 2.80. The Morgan fingerprint density at radius 1 is 1.00 bits per heavy atom. The van der Waals surface area contributed by atoms with Crippen molar-refractivity contribution in [3.05, 3.63) is 77.9 Å².